The second-order valence-electron chi connectivity index (χ2n) is 5.61. The molecule has 0 spiro atoms. The number of amides is 2. The van der Waals surface area contributed by atoms with Gasteiger partial charge < -0.3 is 15.4 Å². The molecule has 24 heavy (non-hydrogen) atoms. The number of halogens is 1. The van der Waals surface area contributed by atoms with E-state index in [2.05, 4.69) is 31.6 Å². The summed E-state index contributed by atoms with van der Waals surface area (Å²) in [5, 5.41) is 5.68. The fourth-order valence-corrected chi connectivity index (χ4v) is 3.88. The molecule has 1 aromatic rings. The van der Waals surface area contributed by atoms with E-state index < -0.39 is 5.25 Å². The maximum absolute atomic E-state index is 12.2. The van der Waals surface area contributed by atoms with Crippen molar-refractivity contribution in [1.29, 1.82) is 0 Å². The summed E-state index contributed by atoms with van der Waals surface area (Å²) in [6.45, 7) is 1.34. The van der Waals surface area contributed by atoms with Crippen molar-refractivity contribution in [3.8, 4) is 0 Å². The topological polar surface area (TPSA) is 79.8 Å². The smallest absolute Gasteiger partial charge is 0.240 e. The highest BCUT2D eigenvalue weighted by molar-refractivity contribution is 9.10. The summed E-state index contributed by atoms with van der Waals surface area (Å²) in [5.74, 6) is -0.372. The van der Waals surface area contributed by atoms with Crippen molar-refractivity contribution in [3.05, 3.63) is 28.7 Å². The summed E-state index contributed by atoms with van der Waals surface area (Å²) < 4.78 is 6.32. The zero-order chi connectivity index (χ0) is 16.9. The lowest BCUT2D eigenvalue weighted by Crippen LogP contribution is -2.28. The van der Waals surface area contributed by atoms with Gasteiger partial charge in [0.25, 0.3) is 0 Å². The number of aliphatic imine (C=N–C) groups is 1. The van der Waals surface area contributed by atoms with Crippen molar-refractivity contribution in [1.82, 2.24) is 5.32 Å². The molecule has 2 N–H and O–H groups in total. The van der Waals surface area contributed by atoms with Gasteiger partial charge in [-0.1, -0.05) is 23.9 Å². The number of para-hydroxylation sites is 1. The number of benzene rings is 1. The van der Waals surface area contributed by atoms with E-state index in [4.69, 9.17) is 4.74 Å². The second-order valence-corrected chi connectivity index (χ2v) is 7.65. The predicted octanol–water partition coefficient (Wildman–Crippen LogP) is 2.54. The van der Waals surface area contributed by atoms with Crippen LogP contribution >= 0.6 is 27.7 Å². The first-order chi connectivity index (χ1) is 11.6. The lowest BCUT2D eigenvalue weighted by molar-refractivity contribution is -0.122. The number of hydrogen-bond acceptors (Lipinski definition) is 5. The number of nitrogens with zero attached hydrogens (tertiary/aromatic N) is 1. The lowest BCUT2D eigenvalue weighted by atomic mass is 10.2. The van der Waals surface area contributed by atoms with E-state index in [0.29, 0.717) is 17.4 Å². The average Bonchev–Trinajstić information content (AvgIpc) is 3.18. The largest absolute Gasteiger partial charge is 0.376 e. The molecule has 0 aliphatic carbocycles. The van der Waals surface area contributed by atoms with Gasteiger partial charge in [0.2, 0.25) is 11.8 Å². The van der Waals surface area contributed by atoms with Crippen LogP contribution < -0.4 is 10.6 Å². The number of carbonyl (C=O) groups excluding carboxylic acids is 2. The normalized spacial score (nSPS) is 25.0. The first-order valence-electron chi connectivity index (χ1n) is 7.80. The standard InChI is InChI=1S/C16H18BrN3O3S/c17-11-5-1-2-6-12(11)19-14(21)8-13-15(22)20-16(24-13)18-9-10-4-3-7-23-10/h1-2,5-6,10,13H,3-4,7-9H2,(H,19,21)(H,18,20,22)/t10-,13-/m1/s1. The van der Waals surface area contributed by atoms with Gasteiger partial charge in [0.05, 0.1) is 18.3 Å². The van der Waals surface area contributed by atoms with Crippen LogP contribution in [0.2, 0.25) is 0 Å². The highest BCUT2D eigenvalue weighted by atomic mass is 79.9. The third kappa shape index (κ3) is 4.58. The third-order valence-electron chi connectivity index (χ3n) is 3.76. The van der Waals surface area contributed by atoms with Crippen LogP contribution in [0.1, 0.15) is 19.3 Å². The zero-order valence-corrected chi connectivity index (χ0v) is 15.4. The molecule has 0 unspecified atom stereocenters. The summed E-state index contributed by atoms with van der Waals surface area (Å²) in [7, 11) is 0. The third-order valence-corrected chi connectivity index (χ3v) is 5.57. The average molecular weight is 412 g/mol. The molecule has 2 heterocycles. The van der Waals surface area contributed by atoms with Gasteiger partial charge in [-0.3, -0.25) is 14.6 Å². The second kappa shape index (κ2) is 8.13. The minimum Gasteiger partial charge on any atom is -0.376 e. The molecule has 6 nitrogen and oxygen atoms in total. The van der Waals surface area contributed by atoms with Gasteiger partial charge in [-0.25, -0.2) is 0 Å². The van der Waals surface area contributed by atoms with Gasteiger partial charge in [0.15, 0.2) is 5.17 Å². The van der Waals surface area contributed by atoms with Crippen LogP contribution in [-0.4, -0.2) is 41.5 Å². The number of ether oxygens (including phenoxy) is 1. The molecule has 1 aromatic carbocycles. The van der Waals surface area contributed by atoms with Crippen molar-refractivity contribution < 1.29 is 14.3 Å². The molecule has 8 heteroatoms. The minimum absolute atomic E-state index is 0.108. The zero-order valence-electron chi connectivity index (χ0n) is 13.0. The summed E-state index contributed by atoms with van der Waals surface area (Å²) in [5.41, 5.74) is 0.693. The van der Waals surface area contributed by atoms with Gasteiger partial charge in [-0.2, -0.15) is 0 Å². The van der Waals surface area contributed by atoms with E-state index in [1.54, 1.807) is 6.07 Å². The molecule has 3 rings (SSSR count). The first-order valence-corrected chi connectivity index (χ1v) is 9.47. The van der Waals surface area contributed by atoms with Crippen LogP contribution in [0.4, 0.5) is 5.69 Å². The molecule has 2 aliphatic heterocycles. The lowest BCUT2D eigenvalue weighted by Gasteiger charge is -2.08. The number of anilines is 1. The quantitative estimate of drug-likeness (QED) is 0.779. The first kappa shape index (κ1) is 17.4. The molecule has 128 valence electrons. The summed E-state index contributed by atoms with van der Waals surface area (Å²) in [6, 6.07) is 7.37. The monoisotopic (exact) mass is 411 g/mol. The maximum atomic E-state index is 12.2. The van der Waals surface area contributed by atoms with Crippen molar-refractivity contribution in [2.45, 2.75) is 30.6 Å². The predicted molar refractivity (Wildman–Crippen MR) is 98.2 cm³/mol. The van der Waals surface area contributed by atoms with Gasteiger partial charge in [0.1, 0.15) is 5.25 Å². The Morgan fingerprint density at radius 3 is 3.04 bits per heavy atom. The van der Waals surface area contributed by atoms with Crippen molar-refractivity contribution in [2.24, 2.45) is 4.99 Å². The van der Waals surface area contributed by atoms with Crippen molar-refractivity contribution in [3.63, 3.8) is 0 Å². The van der Waals surface area contributed by atoms with Crippen LogP contribution in [0.3, 0.4) is 0 Å². The Kier molecular flexibility index (Phi) is 5.91. The maximum Gasteiger partial charge on any atom is 0.240 e. The number of rotatable bonds is 5. The van der Waals surface area contributed by atoms with Crippen molar-refractivity contribution >= 4 is 50.4 Å². The van der Waals surface area contributed by atoms with E-state index in [1.807, 2.05) is 18.2 Å². The Hall–Kier alpha value is -1.38. The number of thioether (sulfide) groups is 1. The van der Waals surface area contributed by atoms with Gasteiger partial charge in [-0.05, 0) is 40.9 Å². The molecular weight excluding hydrogens is 394 g/mol. The molecule has 2 aliphatic rings. The molecule has 0 aromatic heterocycles. The van der Waals surface area contributed by atoms with E-state index in [0.717, 1.165) is 23.9 Å². The fourth-order valence-electron chi connectivity index (χ4n) is 2.52. The van der Waals surface area contributed by atoms with E-state index in [1.165, 1.54) is 11.8 Å². The van der Waals surface area contributed by atoms with Crippen molar-refractivity contribution in [2.75, 3.05) is 18.5 Å². The summed E-state index contributed by atoms with van der Waals surface area (Å²) in [6.07, 6.45) is 2.32. The molecule has 0 radical (unpaired) electrons. The SMILES string of the molecule is O=C(C[C@H]1SC(=NC[C@H]2CCCO2)NC1=O)Nc1ccccc1Br. The molecule has 0 bridgehead atoms. The number of amidine groups is 1. The van der Waals surface area contributed by atoms with Gasteiger partial charge in [0, 0.05) is 17.5 Å². The van der Waals surface area contributed by atoms with E-state index >= 15 is 0 Å². The van der Waals surface area contributed by atoms with Crippen LogP contribution in [0.15, 0.2) is 33.7 Å². The number of carbonyl (C=O) groups is 2. The molecule has 2 saturated heterocycles. The Labute approximate surface area is 152 Å². The molecule has 2 atom stereocenters. The summed E-state index contributed by atoms with van der Waals surface area (Å²) >= 11 is 4.69. The fraction of sp³-hybridized carbons (Fsp3) is 0.438. The number of nitrogens with one attached hydrogen (secondary N) is 2. The summed E-state index contributed by atoms with van der Waals surface area (Å²) in [4.78, 5) is 28.6. The molecule has 2 amide bonds. The molecule has 2 fully saturated rings. The highest BCUT2D eigenvalue weighted by Crippen LogP contribution is 2.25. The van der Waals surface area contributed by atoms with E-state index in [9.17, 15) is 9.59 Å². The Balaban J connectivity index is 1.51. The van der Waals surface area contributed by atoms with Gasteiger partial charge in [-0.15, -0.1) is 0 Å². The van der Waals surface area contributed by atoms with Gasteiger partial charge >= 0.3 is 0 Å². The van der Waals surface area contributed by atoms with Crippen LogP contribution in [0.5, 0.6) is 0 Å². The van der Waals surface area contributed by atoms with Crippen LogP contribution in [0, 0.1) is 0 Å². The molecular formula is C16H18BrN3O3S. The molecule has 0 saturated carbocycles. The van der Waals surface area contributed by atoms with E-state index in [-0.39, 0.29) is 24.3 Å². The Morgan fingerprint density at radius 2 is 2.29 bits per heavy atom. The van der Waals surface area contributed by atoms with Crippen LogP contribution in [-0.2, 0) is 14.3 Å². The van der Waals surface area contributed by atoms with Crippen LogP contribution in [0.25, 0.3) is 0 Å². The Bertz CT molecular complexity index is 662. The number of hydrogen-bond donors (Lipinski definition) is 2. The Morgan fingerprint density at radius 1 is 1.46 bits per heavy atom. The highest BCUT2D eigenvalue weighted by Gasteiger charge is 2.32. The minimum atomic E-state index is -0.448.